The van der Waals surface area contributed by atoms with Crippen LogP contribution in [0.5, 0.6) is 11.5 Å². The zero-order chi connectivity index (χ0) is 14.6. The van der Waals surface area contributed by atoms with Gasteiger partial charge in [0.1, 0.15) is 11.5 Å². The molecule has 5 heteroatoms. The molecule has 0 saturated heterocycles. The fraction of sp³-hybridized carbons (Fsp3) is 0.500. The van der Waals surface area contributed by atoms with Gasteiger partial charge in [0.05, 0.1) is 12.1 Å². The summed E-state index contributed by atoms with van der Waals surface area (Å²) in [7, 11) is 0. The highest BCUT2D eigenvalue weighted by molar-refractivity contribution is 5.76. The topological polar surface area (TPSA) is 86.8 Å². The third-order valence-corrected chi connectivity index (χ3v) is 2.98. The molecule has 1 rings (SSSR count). The number of carbonyl (C=O) groups excluding carboxylic acids is 1. The second-order valence-corrected chi connectivity index (χ2v) is 5.18. The fourth-order valence-electron chi connectivity index (χ4n) is 2.18. The van der Waals surface area contributed by atoms with E-state index in [4.69, 9.17) is 5.73 Å². The highest BCUT2D eigenvalue weighted by Crippen LogP contribution is 2.35. The van der Waals surface area contributed by atoms with E-state index in [1.54, 1.807) is 6.07 Å². The molecule has 0 radical (unpaired) electrons. The van der Waals surface area contributed by atoms with Crippen molar-refractivity contribution in [2.75, 3.05) is 13.1 Å². The van der Waals surface area contributed by atoms with Crippen LogP contribution in [0, 0.1) is 5.92 Å². The standard InChI is InChI=1S/C14H22N2O3/c1-9(2)7-16(8-13(15)19)10(3)14-11(17)5-4-6-12(14)18/h4-6,9-10,17-18H,7-8H2,1-3H3,(H2,15,19). The van der Waals surface area contributed by atoms with E-state index in [9.17, 15) is 15.0 Å². The van der Waals surface area contributed by atoms with Crippen LogP contribution in [0.4, 0.5) is 0 Å². The normalized spacial score (nSPS) is 12.9. The lowest BCUT2D eigenvalue weighted by Crippen LogP contribution is -2.38. The molecule has 0 aliphatic heterocycles. The first-order valence-electron chi connectivity index (χ1n) is 6.36. The molecule has 1 unspecified atom stereocenters. The van der Waals surface area contributed by atoms with Gasteiger partial charge in [0.2, 0.25) is 5.91 Å². The van der Waals surface area contributed by atoms with E-state index in [2.05, 4.69) is 0 Å². The third kappa shape index (κ3) is 4.13. The first kappa shape index (κ1) is 15.3. The van der Waals surface area contributed by atoms with Crippen LogP contribution in [0.1, 0.15) is 32.4 Å². The van der Waals surface area contributed by atoms with Crippen molar-refractivity contribution in [2.45, 2.75) is 26.8 Å². The Morgan fingerprint density at radius 3 is 2.21 bits per heavy atom. The number of hydrogen-bond donors (Lipinski definition) is 3. The number of aromatic hydroxyl groups is 2. The van der Waals surface area contributed by atoms with Crippen molar-refractivity contribution < 1.29 is 15.0 Å². The lowest BCUT2D eigenvalue weighted by atomic mass is 10.0. The van der Waals surface area contributed by atoms with Gasteiger partial charge in [-0.25, -0.2) is 0 Å². The van der Waals surface area contributed by atoms with Gasteiger partial charge in [-0.3, -0.25) is 9.69 Å². The van der Waals surface area contributed by atoms with E-state index in [-0.39, 0.29) is 24.1 Å². The van der Waals surface area contributed by atoms with Crippen LogP contribution < -0.4 is 5.73 Å². The van der Waals surface area contributed by atoms with Crippen LogP contribution in [-0.4, -0.2) is 34.1 Å². The number of primary amides is 1. The predicted octanol–water partition coefficient (Wildman–Crippen LogP) is 1.60. The van der Waals surface area contributed by atoms with E-state index in [1.807, 2.05) is 25.7 Å². The summed E-state index contributed by atoms with van der Waals surface area (Å²) in [6, 6.07) is 4.31. The van der Waals surface area contributed by atoms with Gasteiger partial charge in [0, 0.05) is 12.6 Å². The van der Waals surface area contributed by atoms with Gasteiger partial charge in [-0.2, -0.15) is 0 Å². The number of nitrogens with zero attached hydrogens (tertiary/aromatic N) is 1. The van der Waals surface area contributed by atoms with Crippen molar-refractivity contribution in [1.82, 2.24) is 4.90 Å². The maximum atomic E-state index is 11.2. The molecule has 0 heterocycles. The Labute approximate surface area is 113 Å². The second kappa shape index (κ2) is 6.43. The molecule has 0 saturated carbocycles. The number of amides is 1. The Kier molecular flexibility index (Phi) is 5.18. The summed E-state index contributed by atoms with van der Waals surface area (Å²) >= 11 is 0. The van der Waals surface area contributed by atoms with Crippen LogP contribution in [0.25, 0.3) is 0 Å². The summed E-state index contributed by atoms with van der Waals surface area (Å²) in [4.78, 5) is 13.0. The van der Waals surface area contributed by atoms with Crippen molar-refractivity contribution in [3.05, 3.63) is 23.8 Å². The number of carbonyl (C=O) groups is 1. The Hall–Kier alpha value is -1.75. The molecule has 0 bridgehead atoms. The van der Waals surface area contributed by atoms with E-state index in [1.165, 1.54) is 12.1 Å². The Morgan fingerprint density at radius 2 is 1.79 bits per heavy atom. The average Bonchev–Trinajstić information content (AvgIpc) is 2.26. The largest absolute Gasteiger partial charge is 0.507 e. The van der Waals surface area contributed by atoms with Crippen molar-refractivity contribution >= 4 is 5.91 Å². The first-order chi connectivity index (χ1) is 8.82. The minimum absolute atomic E-state index is 0.0192. The van der Waals surface area contributed by atoms with Crippen LogP contribution in [0.3, 0.4) is 0 Å². The highest BCUT2D eigenvalue weighted by atomic mass is 16.3. The molecule has 0 aliphatic rings. The summed E-state index contributed by atoms with van der Waals surface area (Å²) in [5.41, 5.74) is 5.68. The minimum Gasteiger partial charge on any atom is -0.507 e. The maximum absolute atomic E-state index is 11.2. The molecule has 106 valence electrons. The number of nitrogens with two attached hydrogens (primary N) is 1. The fourth-order valence-corrected chi connectivity index (χ4v) is 2.18. The van der Waals surface area contributed by atoms with Gasteiger partial charge in [-0.05, 0) is 25.0 Å². The molecule has 4 N–H and O–H groups in total. The van der Waals surface area contributed by atoms with Crippen LogP contribution >= 0.6 is 0 Å². The molecular weight excluding hydrogens is 244 g/mol. The molecule has 1 aromatic carbocycles. The van der Waals surface area contributed by atoms with Crippen molar-refractivity contribution in [3.8, 4) is 11.5 Å². The molecular formula is C14H22N2O3. The Balaban J connectivity index is 3.04. The van der Waals surface area contributed by atoms with Crippen molar-refractivity contribution in [2.24, 2.45) is 11.7 Å². The quantitative estimate of drug-likeness (QED) is 0.730. The van der Waals surface area contributed by atoms with E-state index < -0.39 is 5.91 Å². The highest BCUT2D eigenvalue weighted by Gasteiger charge is 2.23. The SMILES string of the molecule is CC(C)CN(CC(N)=O)C(C)c1c(O)cccc1O. The second-order valence-electron chi connectivity index (χ2n) is 5.18. The summed E-state index contributed by atoms with van der Waals surface area (Å²) in [6.07, 6.45) is 0. The van der Waals surface area contributed by atoms with Crippen LogP contribution in [0.15, 0.2) is 18.2 Å². The smallest absolute Gasteiger partial charge is 0.231 e. The number of phenols is 2. The van der Waals surface area contributed by atoms with Crippen LogP contribution in [0.2, 0.25) is 0 Å². The van der Waals surface area contributed by atoms with Gasteiger partial charge in [-0.15, -0.1) is 0 Å². The van der Waals surface area contributed by atoms with E-state index in [0.717, 1.165) is 0 Å². The zero-order valence-electron chi connectivity index (χ0n) is 11.6. The number of hydrogen-bond acceptors (Lipinski definition) is 4. The third-order valence-electron chi connectivity index (χ3n) is 2.98. The first-order valence-corrected chi connectivity index (χ1v) is 6.36. The summed E-state index contributed by atoms with van der Waals surface area (Å²) < 4.78 is 0. The summed E-state index contributed by atoms with van der Waals surface area (Å²) in [5, 5.41) is 19.8. The maximum Gasteiger partial charge on any atom is 0.231 e. The number of phenolic OH excluding ortho intramolecular Hbond substituents is 2. The summed E-state index contributed by atoms with van der Waals surface area (Å²) in [6.45, 7) is 6.64. The molecule has 0 fully saturated rings. The molecule has 1 aromatic rings. The van der Waals surface area contributed by atoms with Crippen LogP contribution in [-0.2, 0) is 4.79 Å². The van der Waals surface area contributed by atoms with Crippen molar-refractivity contribution in [1.29, 1.82) is 0 Å². The molecule has 1 amide bonds. The van der Waals surface area contributed by atoms with Gasteiger partial charge >= 0.3 is 0 Å². The average molecular weight is 266 g/mol. The number of benzene rings is 1. The predicted molar refractivity (Wildman–Crippen MR) is 73.8 cm³/mol. The monoisotopic (exact) mass is 266 g/mol. The van der Waals surface area contributed by atoms with Gasteiger partial charge in [0.15, 0.2) is 0 Å². The minimum atomic E-state index is -0.428. The summed E-state index contributed by atoms with van der Waals surface area (Å²) in [5.74, 6) is -0.0475. The lowest BCUT2D eigenvalue weighted by molar-refractivity contribution is -0.119. The molecule has 19 heavy (non-hydrogen) atoms. The molecule has 1 atom stereocenters. The Bertz CT molecular complexity index is 426. The van der Waals surface area contributed by atoms with Gasteiger partial charge in [-0.1, -0.05) is 19.9 Å². The molecule has 0 aliphatic carbocycles. The van der Waals surface area contributed by atoms with Gasteiger partial charge in [0.25, 0.3) is 0 Å². The van der Waals surface area contributed by atoms with Crippen molar-refractivity contribution in [3.63, 3.8) is 0 Å². The van der Waals surface area contributed by atoms with E-state index >= 15 is 0 Å². The molecule has 0 spiro atoms. The van der Waals surface area contributed by atoms with E-state index in [0.29, 0.717) is 18.0 Å². The van der Waals surface area contributed by atoms with Gasteiger partial charge < -0.3 is 15.9 Å². The lowest BCUT2D eigenvalue weighted by Gasteiger charge is -2.30. The Morgan fingerprint density at radius 1 is 1.26 bits per heavy atom. The molecule has 0 aromatic heterocycles. The number of rotatable bonds is 6. The zero-order valence-corrected chi connectivity index (χ0v) is 11.6. The molecule has 5 nitrogen and oxygen atoms in total.